The molecule has 2 N–H and O–H groups in total. The first-order chi connectivity index (χ1) is 19.6. The van der Waals surface area contributed by atoms with Crippen molar-refractivity contribution >= 4 is 22.5 Å². The number of hydrogen-bond donors (Lipinski definition) is 2. The van der Waals surface area contributed by atoms with Crippen LogP contribution in [0.3, 0.4) is 0 Å². The Labute approximate surface area is 271 Å². The van der Waals surface area contributed by atoms with E-state index in [2.05, 4.69) is 51.2 Å². The zero-order chi connectivity index (χ0) is 27.7. The summed E-state index contributed by atoms with van der Waals surface area (Å²) in [6.07, 6.45) is 7.42. The summed E-state index contributed by atoms with van der Waals surface area (Å²) in [6, 6.07) is 19.7. The molecule has 6 rings (SSSR count). The molecule has 0 saturated carbocycles. The predicted molar refractivity (Wildman–Crippen MR) is 158 cm³/mol. The quantitative estimate of drug-likeness (QED) is 0.114. The van der Waals surface area contributed by atoms with Crippen molar-refractivity contribution in [3.05, 3.63) is 99.7 Å². The third-order valence-corrected chi connectivity index (χ3v) is 7.78. The molecule has 2 aliphatic heterocycles. The van der Waals surface area contributed by atoms with Crippen LogP contribution in [0.25, 0.3) is 16.2 Å². The monoisotopic (exact) mass is 653 g/mol. The number of piperidine rings is 1. The van der Waals surface area contributed by atoms with Gasteiger partial charge in [0.2, 0.25) is 0 Å². The van der Waals surface area contributed by atoms with Crippen LogP contribution in [0.15, 0.2) is 66.7 Å². The Kier molecular flexibility index (Phi) is 12.5. The van der Waals surface area contributed by atoms with Crippen molar-refractivity contribution in [2.75, 3.05) is 32.8 Å². The first-order valence-corrected chi connectivity index (χ1v) is 14.5. The van der Waals surface area contributed by atoms with E-state index in [0.717, 1.165) is 42.3 Å². The fourth-order valence-corrected chi connectivity index (χ4v) is 5.64. The van der Waals surface area contributed by atoms with E-state index in [9.17, 15) is 4.39 Å². The number of aromatic amines is 1. The van der Waals surface area contributed by atoms with Crippen molar-refractivity contribution in [1.82, 2.24) is 9.88 Å². The van der Waals surface area contributed by atoms with Gasteiger partial charge in [0, 0.05) is 54.3 Å². The molecule has 1 unspecified atom stereocenters. The topological polar surface area (TPSA) is 71.8 Å². The number of benzene rings is 3. The van der Waals surface area contributed by atoms with Crippen LogP contribution >= 0.6 is 11.6 Å². The van der Waals surface area contributed by atoms with Crippen molar-refractivity contribution in [2.24, 2.45) is 0 Å². The van der Waals surface area contributed by atoms with Gasteiger partial charge < -0.3 is 24.8 Å². The molecule has 1 fully saturated rings. The number of aromatic nitrogens is 1. The maximum Gasteiger partial charge on any atom is 0.165 e. The molecule has 1 atom stereocenters. The van der Waals surface area contributed by atoms with E-state index in [1.165, 1.54) is 91.8 Å². The van der Waals surface area contributed by atoms with E-state index >= 15 is 0 Å². The van der Waals surface area contributed by atoms with Gasteiger partial charge in [-0.3, -0.25) is 0 Å². The van der Waals surface area contributed by atoms with E-state index in [-0.39, 0.29) is 50.3 Å². The Balaban J connectivity index is 0.000000333. The van der Waals surface area contributed by atoms with Crippen LogP contribution in [0.2, 0.25) is 5.02 Å². The second-order valence-electron chi connectivity index (χ2n) is 10.3. The Morgan fingerprint density at radius 1 is 0.951 bits per heavy atom. The minimum atomic E-state index is -0.351. The number of rotatable bonds is 8. The summed E-state index contributed by atoms with van der Waals surface area (Å²) in [6.45, 7) is 5.39. The Hall–Kier alpha value is -2.00. The number of unbranched alkanes of at least 4 members (excludes halogenated alkanes) is 1. The number of halogens is 2. The maximum absolute atomic E-state index is 12.1. The van der Waals surface area contributed by atoms with E-state index in [4.69, 9.17) is 26.9 Å². The van der Waals surface area contributed by atoms with Gasteiger partial charge in [0.25, 0.3) is 0 Å². The largest absolute Gasteiger partial charge is 0.650 e. The standard InChI is InChI=1S/C26H31ClN3O.C6H5FO2.Y/c27-20-8-11-24-23(18-20)22-12-13-28-25(26(22)29-24)19-6-9-21(10-7-19)31-17-5-4-16-30-14-2-1-3-15-30;7-5-1-3-6(9-8)4-2-5;/h6-11,18,25,29H,1-5,12-17H2;1-4,8H;/q-1;;. The van der Waals surface area contributed by atoms with E-state index < -0.39 is 0 Å². The molecular weight excluding hydrogens is 618 g/mol. The molecule has 1 radical (unpaired) electrons. The van der Waals surface area contributed by atoms with Crippen molar-refractivity contribution in [1.29, 1.82) is 0 Å². The number of fused-ring (bicyclic) bond motifs is 3. The molecule has 6 nitrogen and oxygen atoms in total. The third kappa shape index (κ3) is 8.76. The summed E-state index contributed by atoms with van der Waals surface area (Å²) in [4.78, 5) is 9.99. The Bertz CT molecular complexity index is 1360. The molecular formula is C32H36ClFN3O3Y-. The SMILES string of the molecule is Clc1ccc2[nH]c3c(c2c1)CC[N-]C3c1ccc(OCCCCN2CCCCC2)cc1.OOc1ccc(F)cc1.[Y]. The number of H-pyrrole nitrogens is 1. The zero-order valence-corrected chi connectivity index (χ0v) is 26.8. The molecule has 3 heterocycles. The summed E-state index contributed by atoms with van der Waals surface area (Å²) in [7, 11) is 0. The molecule has 3 aromatic carbocycles. The first-order valence-electron chi connectivity index (χ1n) is 14.1. The van der Waals surface area contributed by atoms with Gasteiger partial charge >= 0.3 is 0 Å². The zero-order valence-electron chi connectivity index (χ0n) is 23.2. The van der Waals surface area contributed by atoms with Crippen LogP contribution in [0.5, 0.6) is 11.5 Å². The van der Waals surface area contributed by atoms with Gasteiger partial charge in [-0.15, -0.1) is 6.54 Å². The molecule has 9 heteroatoms. The first kappa shape index (κ1) is 31.9. The van der Waals surface area contributed by atoms with Crippen LogP contribution in [0, 0.1) is 5.82 Å². The molecule has 0 amide bonds. The van der Waals surface area contributed by atoms with E-state index in [1.807, 2.05) is 6.07 Å². The van der Waals surface area contributed by atoms with Crippen molar-refractivity contribution in [3.8, 4) is 11.5 Å². The maximum atomic E-state index is 12.1. The minimum absolute atomic E-state index is 0. The number of hydrogen-bond acceptors (Lipinski definition) is 4. The molecule has 2 aliphatic rings. The van der Waals surface area contributed by atoms with Crippen LogP contribution in [-0.2, 0) is 39.1 Å². The second kappa shape index (κ2) is 16.0. The summed E-state index contributed by atoms with van der Waals surface area (Å²) < 4.78 is 18.1. The molecule has 1 aromatic heterocycles. The average Bonchev–Trinajstić information content (AvgIpc) is 3.37. The number of nitrogens with one attached hydrogen (secondary N) is 1. The number of likely N-dealkylation sites (tertiary alicyclic amines) is 1. The van der Waals surface area contributed by atoms with Gasteiger partial charge in [-0.2, -0.15) is 0 Å². The fourth-order valence-electron chi connectivity index (χ4n) is 5.46. The van der Waals surface area contributed by atoms with Crippen LogP contribution in [0.1, 0.15) is 55.0 Å². The predicted octanol–water partition coefficient (Wildman–Crippen LogP) is 8.16. The fraction of sp³-hybridized carbons (Fsp3) is 0.375. The van der Waals surface area contributed by atoms with Gasteiger partial charge in [0.15, 0.2) is 5.75 Å². The third-order valence-electron chi connectivity index (χ3n) is 7.55. The van der Waals surface area contributed by atoms with Gasteiger partial charge in [0.1, 0.15) is 11.6 Å². The second-order valence-corrected chi connectivity index (χ2v) is 10.8. The summed E-state index contributed by atoms with van der Waals surface area (Å²) in [5.74, 6) is 0.827. The number of nitrogens with zero attached hydrogens (tertiary/aromatic N) is 2. The van der Waals surface area contributed by atoms with Gasteiger partial charge in [-0.1, -0.05) is 41.8 Å². The van der Waals surface area contributed by atoms with Crippen molar-refractivity contribution in [3.63, 3.8) is 0 Å². The van der Waals surface area contributed by atoms with Crippen molar-refractivity contribution < 1.29 is 52.0 Å². The number of ether oxygens (including phenoxy) is 1. The molecule has 4 aromatic rings. The summed E-state index contributed by atoms with van der Waals surface area (Å²) >= 11 is 6.24. The molecule has 0 spiro atoms. The van der Waals surface area contributed by atoms with Gasteiger partial charge in [-0.25, -0.2) is 9.65 Å². The minimum Gasteiger partial charge on any atom is -0.650 e. The van der Waals surface area contributed by atoms with Crippen LogP contribution < -0.4 is 9.62 Å². The van der Waals surface area contributed by atoms with Crippen LogP contribution in [-0.4, -0.2) is 47.9 Å². The normalized spacial score (nSPS) is 16.7. The smallest absolute Gasteiger partial charge is 0.165 e. The van der Waals surface area contributed by atoms with E-state index in [0.29, 0.717) is 0 Å². The average molecular weight is 654 g/mol. The van der Waals surface area contributed by atoms with E-state index in [1.54, 1.807) is 0 Å². The molecule has 0 aliphatic carbocycles. The van der Waals surface area contributed by atoms with Gasteiger partial charge in [0.05, 0.1) is 6.61 Å². The Morgan fingerprint density at radius 2 is 1.68 bits per heavy atom. The molecule has 1 saturated heterocycles. The van der Waals surface area contributed by atoms with Crippen LogP contribution in [0.4, 0.5) is 4.39 Å². The summed E-state index contributed by atoms with van der Waals surface area (Å²) in [5, 5.41) is 14.9. The summed E-state index contributed by atoms with van der Waals surface area (Å²) in [5.41, 5.74) is 4.90. The van der Waals surface area contributed by atoms with Crippen molar-refractivity contribution in [2.45, 2.75) is 44.6 Å². The molecule has 215 valence electrons. The molecule has 0 bridgehead atoms. The Morgan fingerprint density at radius 3 is 2.41 bits per heavy atom. The molecule has 41 heavy (non-hydrogen) atoms. The van der Waals surface area contributed by atoms with Gasteiger partial charge in [-0.05, 0) is 112 Å².